The summed E-state index contributed by atoms with van der Waals surface area (Å²) in [4.78, 5) is 4.31. The number of hydrogen-bond donors (Lipinski definition) is 0. The summed E-state index contributed by atoms with van der Waals surface area (Å²) in [7, 11) is 0. The van der Waals surface area contributed by atoms with Gasteiger partial charge in [-0.05, 0) is 41.6 Å². The zero-order chi connectivity index (χ0) is 16.8. The lowest BCUT2D eigenvalue weighted by Crippen LogP contribution is -2.00. The van der Waals surface area contributed by atoms with Crippen molar-refractivity contribution in [2.45, 2.75) is 13.5 Å². The number of nitrogens with zero attached hydrogens (tertiary/aromatic N) is 2. The lowest BCUT2D eigenvalue weighted by Gasteiger charge is -2.11. The second-order valence-electron chi connectivity index (χ2n) is 6.58. The van der Waals surface area contributed by atoms with Crippen LogP contribution in [0.2, 0.25) is 0 Å². The summed E-state index contributed by atoms with van der Waals surface area (Å²) in [5.74, 6) is 0. The third kappa shape index (κ3) is 2.14. The van der Waals surface area contributed by atoms with Crippen molar-refractivity contribution in [3.63, 3.8) is 0 Å². The second-order valence-corrected chi connectivity index (χ2v) is 6.58. The van der Waals surface area contributed by atoms with E-state index in [1.54, 1.807) is 0 Å². The Kier molecular flexibility index (Phi) is 3.10. The highest BCUT2D eigenvalue weighted by atomic mass is 15.0. The molecule has 0 atom stereocenters. The summed E-state index contributed by atoms with van der Waals surface area (Å²) >= 11 is 0. The third-order valence-electron chi connectivity index (χ3n) is 5.10. The van der Waals surface area contributed by atoms with Crippen LogP contribution in [-0.4, -0.2) is 9.55 Å². The SMILES string of the molecule is Cc1c2ccncc2cc2c3ccccc3n(Cc3ccccc3)c12. The van der Waals surface area contributed by atoms with Crippen LogP contribution in [0.5, 0.6) is 0 Å². The van der Waals surface area contributed by atoms with E-state index in [-0.39, 0.29) is 0 Å². The number of para-hydroxylation sites is 1. The van der Waals surface area contributed by atoms with E-state index >= 15 is 0 Å². The molecule has 0 unspecified atom stereocenters. The molecule has 3 aromatic carbocycles. The number of pyridine rings is 1. The maximum atomic E-state index is 4.31. The number of benzene rings is 3. The van der Waals surface area contributed by atoms with Crippen LogP contribution in [0.1, 0.15) is 11.1 Å². The normalized spacial score (nSPS) is 11.6. The molecule has 0 aliphatic carbocycles. The van der Waals surface area contributed by atoms with Crippen LogP contribution >= 0.6 is 0 Å². The standard InChI is InChI=1S/C23H18N2/c1-16-19-11-12-24-14-18(19)13-21-20-9-5-6-10-22(20)25(23(16)21)15-17-7-3-2-4-8-17/h2-14H,15H2,1H3. The van der Waals surface area contributed by atoms with E-state index < -0.39 is 0 Å². The molecule has 0 aliphatic rings. The average Bonchev–Trinajstić information content (AvgIpc) is 2.97. The Morgan fingerprint density at radius 1 is 0.840 bits per heavy atom. The van der Waals surface area contributed by atoms with Gasteiger partial charge in [0, 0.05) is 40.6 Å². The van der Waals surface area contributed by atoms with Gasteiger partial charge >= 0.3 is 0 Å². The Labute approximate surface area is 146 Å². The van der Waals surface area contributed by atoms with Crippen molar-refractivity contribution < 1.29 is 0 Å². The zero-order valence-corrected chi connectivity index (χ0v) is 14.1. The number of fused-ring (bicyclic) bond motifs is 4. The predicted molar refractivity (Wildman–Crippen MR) is 105 cm³/mol. The molecule has 5 rings (SSSR count). The van der Waals surface area contributed by atoms with E-state index in [0.717, 1.165) is 6.54 Å². The minimum Gasteiger partial charge on any atom is -0.336 e. The first-order valence-electron chi connectivity index (χ1n) is 8.61. The van der Waals surface area contributed by atoms with Crippen molar-refractivity contribution in [1.29, 1.82) is 0 Å². The molecule has 2 aromatic heterocycles. The molecule has 0 aliphatic heterocycles. The van der Waals surface area contributed by atoms with Crippen LogP contribution in [0.15, 0.2) is 79.1 Å². The van der Waals surface area contributed by atoms with Crippen LogP contribution in [0.3, 0.4) is 0 Å². The summed E-state index contributed by atoms with van der Waals surface area (Å²) in [5, 5.41) is 5.10. The Hall–Kier alpha value is -3.13. The molecule has 0 N–H and O–H groups in total. The summed E-state index contributed by atoms with van der Waals surface area (Å²) in [5.41, 5.74) is 5.25. The van der Waals surface area contributed by atoms with E-state index in [4.69, 9.17) is 0 Å². The van der Waals surface area contributed by atoms with Crippen LogP contribution in [0.4, 0.5) is 0 Å². The van der Waals surface area contributed by atoms with Crippen LogP contribution in [0.25, 0.3) is 32.6 Å². The first-order chi connectivity index (χ1) is 12.3. The molecule has 2 nitrogen and oxygen atoms in total. The number of hydrogen-bond acceptors (Lipinski definition) is 1. The Bertz CT molecular complexity index is 1220. The van der Waals surface area contributed by atoms with Crippen LogP contribution < -0.4 is 0 Å². The van der Waals surface area contributed by atoms with E-state index in [9.17, 15) is 0 Å². The fraction of sp³-hybridized carbons (Fsp3) is 0.0870. The molecular formula is C23H18N2. The van der Waals surface area contributed by atoms with Gasteiger partial charge in [-0.1, -0.05) is 48.5 Å². The van der Waals surface area contributed by atoms with Gasteiger partial charge in [-0.25, -0.2) is 0 Å². The van der Waals surface area contributed by atoms with Gasteiger partial charge in [0.25, 0.3) is 0 Å². The van der Waals surface area contributed by atoms with Gasteiger partial charge in [-0.3, -0.25) is 4.98 Å². The van der Waals surface area contributed by atoms with Crippen molar-refractivity contribution in [2.24, 2.45) is 0 Å². The van der Waals surface area contributed by atoms with Gasteiger partial charge < -0.3 is 4.57 Å². The number of aryl methyl sites for hydroxylation is 1. The fourth-order valence-electron chi connectivity index (χ4n) is 3.96. The summed E-state index contributed by atoms with van der Waals surface area (Å²) in [6.45, 7) is 3.10. The van der Waals surface area contributed by atoms with Crippen molar-refractivity contribution in [3.8, 4) is 0 Å². The maximum absolute atomic E-state index is 4.31. The summed E-state index contributed by atoms with van der Waals surface area (Å²) in [6, 6.07) is 23.8. The molecule has 0 spiro atoms. The highest BCUT2D eigenvalue weighted by Gasteiger charge is 2.14. The molecular weight excluding hydrogens is 304 g/mol. The minimum atomic E-state index is 0.877. The van der Waals surface area contributed by atoms with Gasteiger partial charge in [0.05, 0.1) is 5.52 Å². The largest absolute Gasteiger partial charge is 0.336 e. The molecule has 0 bridgehead atoms. The van der Waals surface area contributed by atoms with Crippen molar-refractivity contribution >= 4 is 32.6 Å². The molecule has 5 aromatic rings. The second kappa shape index (κ2) is 5.45. The van der Waals surface area contributed by atoms with Crippen LogP contribution in [0, 0.1) is 6.92 Å². The Morgan fingerprint density at radius 2 is 1.64 bits per heavy atom. The average molecular weight is 322 g/mol. The zero-order valence-electron chi connectivity index (χ0n) is 14.1. The molecule has 0 saturated carbocycles. The van der Waals surface area contributed by atoms with Gasteiger partial charge in [0.2, 0.25) is 0 Å². The first-order valence-corrected chi connectivity index (χ1v) is 8.61. The number of rotatable bonds is 2. The highest BCUT2D eigenvalue weighted by molar-refractivity contribution is 6.14. The van der Waals surface area contributed by atoms with Crippen molar-refractivity contribution in [3.05, 3.63) is 90.3 Å². The molecule has 25 heavy (non-hydrogen) atoms. The van der Waals surface area contributed by atoms with Gasteiger partial charge in [-0.15, -0.1) is 0 Å². The van der Waals surface area contributed by atoms with E-state index in [1.165, 1.54) is 43.7 Å². The van der Waals surface area contributed by atoms with E-state index in [0.29, 0.717) is 0 Å². The van der Waals surface area contributed by atoms with Gasteiger partial charge in [0.1, 0.15) is 0 Å². The molecule has 0 amide bonds. The smallest absolute Gasteiger partial charge is 0.0530 e. The molecule has 0 radical (unpaired) electrons. The highest BCUT2D eigenvalue weighted by Crippen LogP contribution is 2.35. The summed E-state index contributed by atoms with van der Waals surface area (Å²) in [6.07, 6.45) is 3.84. The Balaban J connectivity index is 1.92. The Morgan fingerprint density at radius 3 is 2.52 bits per heavy atom. The minimum absolute atomic E-state index is 0.877. The summed E-state index contributed by atoms with van der Waals surface area (Å²) < 4.78 is 2.45. The lowest BCUT2D eigenvalue weighted by atomic mass is 10.0. The predicted octanol–water partition coefficient (Wildman–Crippen LogP) is 5.70. The van der Waals surface area contributed by atoms with E-state index in [1.807, 2.05) is 12.4 Å². The molecule has 2 heterocycles. The van der Waals surface area contributed by atoms with Crippen molar-refractivity contribution in [1.82, 2.24) is 9.55 Å². The lowest BCUT2D eigenvalue weighted by molar-refractivity contribution is 0.867. The van der Waals surface area contributed by atoms with Crippen LogP contribution in [-0.2, 0) is 6.54 Å². The topological polar surface area (TPSA) is 17.8 Å². The monoisotopic (exact) mass is 322 g/mol. The number of aromatic nitrogens is 2. The molecule has 0 fully saturated rings. The fourth-order valence-corrected chi connectivity index (χ4v) is 3.96. The maximum Gasteiger partial charge on any atom is 0.0530 e. The van der Waals surface area contributed by atoms with E-state index in [2.05, 4.69) is 83.2 Å². The van der Waals surface area contributed by atoms with Gasteiger partial charge in [-0.2, -0.15) is 0 Å². The molecule has 2 heteroatoms. The van der Waals surface area contributed by atoms with Crippen molar-refractivity contribution in [2.75, 3.05) is 0 Å². The quantitative estimate of drug-likeness (QED) is 0.407. The van der Waals surface area contributed by atoms with Gasteiger partial charge in [0.15, 0.2) is 0 Å². The first kappa shape index (κ1) is 14.2. The third-order valence-corrected chi connectivity index (χ3v) is 5.10. The molecule has 0 saturated heterocycles. The molecule has 120 valence electrons.